The summed E-state index contributed by atoms with van der Waals surface area (Å²) in [7, 11) is -2.39. The Labute approximate surface area is 213 Å². The Kier molecular flexibility index (Phi) is 9.97. The monoisotopic (exact) mass is 523 g/mol. The number of carbonyl (C=O) groups is 2. The molecule has 2 amide bonds. The van der Waals surface area contributed by atoms with E-state index in [0.29, 0.717) is 12.3 Å². The topological polar surface area (TPSA) is 96.0 Å². The first-order valence-corrected chi connectivity index (χ1v) is 13.5. The van der Waals surface area contributed by atoms with Crippen molar-refractivity contribution >= 4 is 39.1 Å². The standard InChI is InChI=1S/C25H34ClN3O5S/c1-17(2)14-27-25(31)19(4)28(15-20-10-8-7-9-18(20)3)24(30)16-29(35(6,32)33)21-11-12-23(34-5)22(26)13-21/h7-13,17,19H,14-16H2,1-6H3,(H,27,31). The zero-order valence-electron chi connectivity index (χ0n) is 21.0. The van der Waals surface area contributed by atoms with Crippen LogP contribution in [0.15, 0.2) is 42.5 Å². The van der Waals surface area contributed by atoms with Gasteiger partial charge in [0.25, 0.3) is 0 Å². The lowest BCUT2D eigenvalue weighted by molar-refractivity contribution is -0.139. The Morgan fingerprint density at radius 3 is 2.31 bits per heavy atom. The van der Waals surface area contributed by atoms with Crippen molar-refractivity contribution in [3.8, 4) is 5.75 Å². The smallest absolute Gasteiger partial charge is 0.244 e. The average Bonchev–Trinajstić information content (AvgIpc) is 2.79. The molecule has 0 bridgehead atoms. The maximum absolute atomic E-state index is 13.6. The van der Waals surface area contributed by atoms with E-state index in [1.807, 2.05) is 45.0 Å². The number of benzene rings is 2. The second-order valence-corrected chi connectivity index (χ2v) is 11.2. The normalized spacial score (nSPS) is 12.2. The van der Waals surface area contributed by atoms with Gasteiger partial charge in [0.15, 0.2) is 0 Å². The summed E-state index contributed by atoms with van der Waals surface area (Å²) in [6.07, 6.45) is 1.02. The van der Waals surface area contributed by atoms with E-state index >= 15 is 0 Å². The molecule has 0 fully saturated rings. The number of halogens is 1. The van der Waals surface area contributed by atoms with Crippen LogP contribution < -0.4 is 14.4 Å². The number of nitrogens with one attached hydrogen (secondary N) is 1. The van der Waals surface area contributed by atoms with E-state index in [0.717, 1.165) is 21.7 Å². The molecule has 1 atom stereocenters. The number of aryl methyl sites for hydroxylation is 1. The van der Waals surface area contributed by atoms with Gasteiger partial charge in [0, 0.05) is 13.1 Å². The first-order valence-electron chi connectivity index (χ1n) is 11.3. The molecule has 0 spiro atoms. The van der Waals surface area contributed by atoms with Crippen molar-refractivity contribution in [1.29, 1.82) is 0 Å². The number of methoxy groups -OCH3 is 1. The predicted molar refractivity (Wildman–Crippen MR) is 139 cm³/mol. The molecular weight excluding hydrogens is 490 g/mol. The third kappa shape index (κ3) is 7.86. The van der Waals surface area contributed by atoms with E-state index < -0.39 is 28.5 Å². The second-order valence-electron chi connectivity index (χ2n) is 8.85. The van der Waals surface area contributed by atoms with Gasteiger partial charge in [-0.3, -0.25) is 13.9 Å². The van der Waals surface area contributed by atoms with Crippen molar-refractivity contribution < 1.29 is 22.7 Å². The lowest BCUT2D eigenvalue weighted by Gasteiger charge is -2.32. The second kappa shape index (κ2) is 12.3. The maximum atomic E-state index is 13.6. The molecule has 10 heteroatoms. The third-order valence-electron chi connectivity index (χ3n) is 5.56. The molecule has 0 aromatic heterocycles. The van der Waals surface area contributed by atoms with Crippen LogP contribution in [0.25, 0.3) is 0 Å². The quantitative estimate of drug-likeness (QED) is 0.485. The van der Waals surface area contributed by atoms with Crippen molar-refractivity contribution in [3.05, 3.63) is 58.6 Å². The minimum absolute atomic E-state index is 0.155. The number of amides is 2. The number of anilines is 1. The molecule has 2 aromatic carbocycles. The highest BCUT2D eigenvalue weighted by Crippen LogP contribution is 2.30. The van der Waals surface area contributed by atoms with Crippen molar-refractivity contribution in [2.75, 3.05) is 30.8 Å². The van der Waals surface area contributed by atoms with Crippen LogP contribution in [0.5, 0.6) is 5.75 Å². The fourth-order valence-electron chi connectivity index (χ4n) is 3.43. The van der Waals surface area contributed by atoms with Crippen LogP contribution in [-0.4, -0.2) is 57.6 Å². The first-order chi connectivity index (χ1) is 16.3. The van der Waals surface area contributed by atoms with Gasteiger partial charge < -0.3 is 15.0 Å². The molecule has 0 heterocycles. The molecule has 1 N–H and O–H groups in total. The van der Waals surface area contributed by atoms with Crippen molar-refractivity contribution in [2.45, 2.75) is 40.3 Å². The summed E-state index contributed by atoms with van der Waals surface area (Å²) < 4.78 is 31.4. The Hall–Kier alpha value is -2.78. The molecule has 0 aliphatic carbocycles. The highest BCUT2D eigenvalue weighted by molar-refractivity contribution is 7.92. The molecule has 192 valence electrons. The Bertz CT molecular complexity index is 1150. The van der Waals surface area contributed by atoms with Crippen molar-refractivity contribution in [1.82, 2.24) is 10.2 Å². The van der Waals surface area contributed by atoms with Gasteiger partial charge in [0.05, 0.1) is 24.1 Å². The highest BCUT2D eigenvalue weighted by Gasteiger charge is 2.30. The number of rotatable bonds is 11. The van der Waals surface area contributed by atoms with Gasteiger partial charge >= 0.3 is 0 Å². The van der Waals surface area contributed by atoms with E-state index in [2.05, 4.69) is 5.32 Å². The van der Waals surface area contributed by atoms with Crippen LogP contribution in [0, 0.1) is 12.8 Å². The van der Waals surface area contributed by atoms with E-state index in [1.165, 1.54) is 30.2 Å². The molecule has 8 nitrogen and oxygen atoms in total. The number of carbonyl (C=O) groups excluding carboxylic acids is 2. The van der Waals surface area contributed by atoms with Crippen LogP contribution in [0.4, 0.5) is 5.69 Å². The summed E-state index contributed by atoms with van der Waals surface area (Å²) in [5, 5.41) is 3.07. The number of hydrogen-bond donors (Lipinski definition) is 1. The number of nitrogens with zero attached hydrogens (tertiary/aromatic N) is 2. The number of hydrogen-bond acceptors (Lipinski definition) is 5. The minimum Gasteiger partial charge on any atom is -0.495 e. The van der Waals surface area contributed by atoms with Gasteiger partial charge in [-0.05, 0) is 49.1 Å². The molecule has 0 radical (unpaired) electrons. The zero-order valence-corrected chi connectivity index (χ0v) is 22.6. The summed E-state index contributed by atoms with van der Waals surface area (Å²) in [5.74, 6) is -0.198. The molecule has 1 unspecified atom stereocenters. The summed E-state index contributed by atoms with van der Waals surface area (Å²) in [5.41, 5.74) is 2.05. The molecule has 2 aromatic rings. The zero-order chi connectivity index (χ0) is 26.3. The minimum atomic E-state index is -3.85. The van der Waals surface area contributed by atoms with Gasteiger partial charge in [-0.15, -0.1) is 0 Å². The van der Waals surface area contributed by atoms with Gasteiger partial charge in [-0.25, -0.2) is 8.42 Å². The SMILES string of the molecule is COc1ccc(N(CC(=O)N(Cc2ccccc2C)C(C)C(=O)NCC(C)C)S(C)(=O)=O)cc1Cl. The Morgan fingerprint density at radius 1 is 1.11 bits per heavy atom. The molecule has 0 aliphatic heterocycles. The van der Waals surface area contributed by atoms with Crippen LogP contribution >= 0.6 is 11.6 Å². The van der Waals surface area contributed by atoms with E-state index in [1.54, 1.807) is 6.92 Å². The lowest BCUT2D eigenvalue weighted by Crippen LogP contribution is -2.51. The summed E-state index contributed by atoms with van der Waals surface area (Å²) in [4.78, 5) is 27.8. The maximum Gasteiger partial charge on any atom is 0.244 e. The van der Waals surface area contributed by atoms with Crippen LogP contribution in [0.2, 0.25) is 5.02 Å². The highest BCUT2D eigenvalue weighted by atomic mass is 35.5. The average molecular weight is 524 g/mol. The van der Waals surface area contributed by atoms with Crippen molar-refractivity contribution in [2.24, 2.45) is 5.92 Å². The van der Waals surface area contributed by atoms with Gasteiger partial charge in [0.1, 0.15) is 18.3 Å². The van der Waals surface area contributed by atoms with E-state index in [-0.39, 0.29) is 29.1 Å². The van der Waals surface area contributed by atoms with Gasteiger partial charge in [-0.2, -0.15) is 0 Å². The largest absolute Gasteiger partial charge is 0.495 e. The van der Waals surface area contributed by atoms with E-state index in [4.69, 9.17) is 16.3 Å². The molecule has 0 saturated carbocycles. The summed E-state index contributed by atoms with van der Waals surface area (Å²) in [6.45, 7) is 7.65. The molecule has 0 aliphatic rings. The lowest BCUT2D eigenvalue weighted by atomic mass is 10.1. The Balaban J connectivity index is 2.41. The summed E-state index contributed by atoms with van der Waals surface area (Å²) in [6, 6.07) is 11.2. The van der Waals surface area contributed by atoms with Crippen LogP contribution in [0.1, 0.15) is 31.9 Å². The fraction of sp³-hybridized carbons (Fsp3) is 0.440. The van der Waals surface area contributed by atoms with E-state index in [9.17, 15) is 18.0 Å². The van der Waals surface area contributed by atoms with Crippen LogP contribution in [-0.2, 0) is 26.2 Å². The predicted octanol–water partition coefficient (Wildman–Crippen LogP) is 3.61. The summed E-state index contributed by atoms with van der Waals surface area (Å²) >= 11 is 6.21. The van der Waals surface area contributed by atoms with Crippen LogP contribution in [0.3, 0.4) is 0 Å². The van der Waals surface area contributed by atoms with Crippen molar-refractivity contribution in [3.63, 3.8) is 0 Å². The Morgan fingerprint density at radius 2 is 1.77 bits per heavy atom. The first kappa shape index (κ1) is 28.5. The molecular formula is C25H34ClN3O5S. The third-order valence-corrected chi connectivity index (χ3v) is 6.99. The number of sulfonamides is 1. The fourth-order valence-corrected chi connectivity index (χ4v) is 4.52. The van der Waals surface area contributed by atoms with Gasteiger partial charge in [-0.1, -0.05) is 49.7 Å². The molecule has 0 saturated heterocycles. The molecule has 35 heavy (non-hydrogen) atoms. The number of ether oxygens (including phenoxy) is 1. The van der Waals surface area contributed by atoms with Gasteiger partial charge in [0.2, 0.25) is 21.8 Å². The molecule has 2 rings (SSSR count).